The second-order valence-corrected chi connectivity index (χ2v) is 6.71. The van der Waals surface area contributed by atoms with E-state index in [9.17, 15) is 9.59 Å². The fourth-order valence-corrected chi connectivity index (χ4v) is 3.35. The van der Waals surface area contributed by atoms with Crippen LogP contribution in [0, 0.1) is 5.92 Å². The Balaban J connectivity index is 2.03. The van der Waals surface area contributed by atoms with E-state index in [0.29, 0.717) is 11.6 Å². The standard InChI is InChI=1S/C19H24N2O2/c1-3-12(2)10-13-7-8-14-6-4-5-9-21(15(14)11-13)17-16(20)18(22)19(17)23/h7-8,11-12H,3-6,9-10,20H2,1-2H3. The zero-order valence-corrected chi connectivity index (χ0v) is 13.9. The van der Waals surface area contributed by atoms with Gasteiger partial charge in [0.25, 0.3) is 10.9 Å². The molecule has 0 amide bonds. The Kier molecular flexibility index (Phi) is 4.24. The first-order valence-corrected chi connectivity index (χ1v) is 8.51. The zero-order chi connectivity index (χ0) is 16.6. The monoisotopic (exact) mass is 312 g/mol. The van der Waals surface area contributed by atoms with Crippen molar-refractivity contribution in [2.75, 3.05) is 17.2 Å². The van der Waals surface area contributed by atoms with Gasteiger partial charge in [0.05, 0.1) is 0 Å². The third-order valence-corrected chi connectivity index (χ3v) is 4.99. The molecule has 0 radical (unpaired) electrons. The van der Waals surface area contributed by atoms with Gasteiger partial charge in [0.15, 0.2) is 0 Å². The summed E-state index contributed by atoms with van der Waals surface area (Å²) in [5.74, 6) is 0.628. The summed E-state index contributed by atoms with van der Waals surface area (Å²) in [6.45, 7) is 5.19. The van der Waals surface area contributed by atoms with Crippen LogP contribution in [-0.2, 0) is 12.8 Å². The molecule has 2 aromatic rings. The molecule has 0 fully saturated rings. The third kappa shape index (κ3) is 2.78. The van der Waals surface area contributed by atoms with E-state index in [2.05, 4.69) is 32.0 Å². The predicted octanol–water partition coefficient (Wildman–Crippen LogP) is 2.93. The molecule has 2 aromatic carbocycles. The quantitative estimate of drug-likeness (QED) is 0.882. The first kappa shape index (κ1) is 15.8. The molecule has 0 aromatic heterocycles. The Bertz CT molecular complexity index is 787. The van der Waals surface area contributed by atoms with Gasteiger partial charge >= 0.3 is 0 Å². The topological polar surface area (TPSA) is 63.4 Å². The Hall–Kier alpha value is -2.10. The molecule has 0 saturated carbocycles. The van der Waals surface area contributed by atoms with Crippen LogP contribution >= 0.6 is 0 Å². The molecule has 1 unspecified atom stereocenters. The second kappa shape index (κ2) is 6.19. The molecule has 0 saturated heterocycles. The van der Waals surface area contributed by atoms with E-state index in [1.807, 2.05) is 4.90 Å². The van der Waals surface area contributed by atoms with Crippen molar-refractivity contribution >= 4 is 17.1 Å². The summed E-state index contributed by atoms with van der Waals surface area (Å²) in [6, 6.07) is 6.55. The molecule has 0 spiro atoms. The molecular formula is C19H24N2O2. The van der Waals surface area contributed by atoms with Crippen LogP contribution in [0.3, 0.4) is 0 Å². The number of benzene rings is 1. The maximum absolute atomic E-state index is 12.0. The lowest BCUT2D eigenvalue weighted by molar-refractivity contribution is 0.560. The van der Waals surface area contributed by atoms with Crippen molar-refractivity contribution in [3.8, 4) is 0 Å². The average molecular weight is 312 g/mol. The predicted molar refractivity (Wildman–Crippen MR) is 95.3 cm³/mol. The number of nitrogens with zero attached hydrogens (tertiary/aromatic N) is 1. The van der Waals surface area contributed by atoms with E-state index >= 15 is 0 Å². The van der Waals surface area contributed by atoms with E-state index in [1.54, 1.807) is 0 Å². The molecule has 2 N–H and O–H groups in total. The van der Waals surface area contributed by atoms with Crippen molar-refractivity contribution in [1.29, 1.82) is 0 Å². The highest BCUT2D eigenvalue weighted by Crippen LogP contribution is 2.34. The summed E-state index contributed by atoms with van der Waals surface area (Å²) in [5.41, 5.74) is 8.92. The lowest BCUT2D eigenvalue weighted by atomic mass is 9.96. The first-order valence-electron chi connectivity index (χ1n) is 8.51. The van der Waals surface area contributed by atoms with Gasteiger partial charge in [-0.2, -0.15) is 0 Å². The Morgan fingerprint density at radius 1 is 1.22 bits per heavy atom. The number of nitrogen functional groups attached to an aromatic ring is 1. The van der Waals surface area contributed by atoms with Crippen LogP contribution in [-0.4, -0.2) is 6.54 Å². The maximum atomic E-state index is 12.0. The van der Waals surface area contributed by atoms with Gasteiger partial charge in [0, 0.05) is 12.2 Å². The summed E-state index contributed by atoms with van der Waals surface area (Å²) in [5, 5.41) is 0. The fourth-order valence-electron chi connectivity index (χ4n) is 3.35. The summed E-state index contributed by atoms with van der Waals surface area (Å²) in [7, 11) is 0. The number of aryl methyl sites for hydroxylation is 1. The largest absolute Gasteiger partial charge is 0.394 e. The van der Waals surface area contributed by atoms with E-state index in [-0.39, 0.29) is 5.69 Å². The molecule has 4 nitrogen and oxygen atoms in total. The third-order valence-electron chi connectivity index (χ3n) is 4.99. The second-order valence-electron chi connectivity index (χ2n) is 6.71. The van der Waals surface area contributed by atoms with Crippen molar-refractivity contribution < 1.29 is 0 Å². The number of anilines is 3. The normalized spacial score (nSPS) is 16.2. The molecule has 23 heavy (non-hydrogen) atoms. The zero-order valence-electron chi connectivity index (χ0n) is 13.9. The van der Waals surface area contributed by atoms with Crippen LogP contribution in [0.5, 0.6) is 0 Å². The highest BCUT2D eigenvalue weighted by molar-refractivity contribution is 5.80. The van der Waals surface area contributed by atoms with Crippen LogP contribution in [0.15, 0.2) is 27.8 Å². The highest BCUT2D eigenvalue weighted by atomic mass is 16.2. The number of hydrogen-bond donors (Lipinski definition) is 1. The van der Waals surface area contributed by atoms with E-state index in [0.717, 1.165) is 44.3 Å². The summed E-state index contributed by atoms with van der Waals surface area (Å²) >= 11 is 0. The van der Waals surface area contributed by atoms with Crippen molar-refractivity contribution in [3.63, 3.8) is 0 Å². The van der Waals surface area contributed by atoms with Crippen LogP contribution < -0.4 is 21.5 Å². The smallest absolute Gasteiger partial charge is 0.253 e. The van der Waals surface area contributed by atoms with Crippen molar-refractivity contribution in [3.05, 3.63) is 49.8 Å². The van der Waals surface area contributed by atoms with Gasteiger partial charge in [-0.3, -0.25) is 9.59 Å². The van der Waals surface area contributed by atoms with Gasteiger partial charge in [-0.15, -0.1) is 0 Å². The van der Waals surface area contributed by atoms with E-state index in [4.69, 9.17) is 5.73 Å². The van der Waals surface area contributed by atoms with Gasteiger partial charge in [-0.1, -0.05) is 32.4 Å². The van der Waals surface area contributed by atoms with Crippen molar-refractivity contribution in [2.45, 2.75) is 46.0 Å². The number of hydrogen-bond acceptors (Lipinski definition) is 4. The lowest BCUT2D eigenvalue weighted by Gasteiger charge is -2.27. The van der Waals surface area contributed by atoms with E-state index in [1.165, 1.54) is 11.1 Å². The molecule has 1 atom stereocenters. The summed E-state index contributed by atoms with van der Waals surface area (Å²) in [4.78, 5) is 25.5. The molecule has 1 aliphatic heterocycles. The number of nitrogens with two attached hydrogens (primary N) is 1. The first-order chi connectivity index (χ1) is 11.0. The summed E-state index contributed by atoms with van der Waals surface area (Å²) < 4.78 is 0. The van der Waals surface area contributed by atoms with Gasteiger partial charge in [0.1, 0.15) is 11.4 Å². The molecule has 0 bridgehead atoms. The van der Waals surface area contributed by atoms with Crippen LogP contribution in [0.1, 0.15) is 44.2 Å². The minimum atomic E-state index is -0.540. The molecule has 1 heterocycles. The summed E-state index contributed by atoms with van der Waals surface area (Å²) in [6.07, 6.45) is 5.26. The van der Waals surface area contributed by atoms with Crippen LogP contribution in [0.2, 0.25) is 0 Å². The van der Waals surface area contributed by atoms with E-state index < -0.39 is 10.9 Å². The Morgan fingerprint density at radius 3 is 2.70 bits per heavy atom. The maximum Gasteiger partial charge on any atom is 0.253 e. The molecule has 1 aliphatic rings. The van der Waals surface area contributed by atoms with Crippen LogP contribution in [0.25, 0.3) is 0 Å². The minimum absolute atomic E-state index is 0.121. The number of rotatable bonds is 4. The fraction of sp³-hybridized carbons (Fsp3) is 0.474. The van der Waals surface area contributed by atoms with Crippen molar-refractivity contribution in [2.24, 2.45) is 5.92 Å². The molecule has 4 heteroatoms. The number of fused-ring (bicyclic) bond motifs is 1. The lowest BCUT2D eigenvalue weighted by Crippen LogP contribution is -2.41. The molecule has 122 valence electrons. The van der Waals surface area contributed by atoms with Gasteiger partial charge in [-0.25, -0.2) is 0 Å². The highest BCUT2D eigenvalue weighted by Gasteiger charge is 2.27. The average Bonchev–Trinajstić information content (AvgIpc) is 2.77. The molecular weight excluding hydrogens is 288 g/mol. The van der Waals surface area contributed by atoms with Gasteiger partial charge in [0.2, 0.25) is 0 Å². The van der Waals surface area contributed by atoms with Gasteiger partial charge < -0.3 is 10.6 Å². The Morgan fingerprint density at radius 2 is 2.00 bits per heavy atom. The van der Waals surface area contributed by atoms with Gasteiger partial charge in [-0.05, 0) is 48.8 Å². The Labute approximate surface area is 136 Å². The molecule has 3 rings (SSSR count). The molecule has 0 aliphatic carbocycles. The SMILES string of the molecule is CCC(C)Cc1ccc2c(c1)N(c1c(N)c(=O)c1=O)CCCC2. The minimum Gasteiger partial charge on any atom is -0.394 e. The van der Waals surface area contributed by atoms with Crippen molar-refractivity contribution in [1.82, 2.24) is 0 Å². The van der Waals surface area contributed by atoms with Crippen LogP contribution in [0.4, 0.5) is 17.1 Å².